The molecule has 7 heavy (non-hydrogen) atoms. The van der Waals surface area contributed by atoms with Crippen molar-refractivity contribution >= 4 is 33.3 Å². The average molecular weight is 165 g/mol. The lowest BCUT2D eigenvalue weighted by Gasteiger charge is -1.89. The Morgan fingerprint density at radius 2 is 1.57 bits per heavy atom. The normalized spacial score (nSPS) is 12.6. The molecule has 0 heterocycles. The van der Waals surface area contributed by atoms with Crippen molar-refractivity contribution in [1.29, 1.82) is 0 Å². The predicted octanol–water partition coefficient (Wildman–Crippen LogP) is 0.635. The maximum atomic E-state index is 9.62. The Hall–Kier alpha value is 0.490. The molecule has 0 aliphatic carbocycles. The molecular formula is CH2Cl2O3S. The fourth-order valence-corrected chi connectivity index (χ4v) is 0. The molecule has 0 unspecified atom stereocenters. The zero-order chi connectivity index (χ0) is 6.08. The summed E-state index contributed by atoms with van der Waals surface area (Å²) in [7, 11) is -4.21. The molecule has 44 valence electrons. The van der Waals surface area contributed by atoms with Gasteiger partial charge in [-0.15, -0.1) is 0 Å². The Kier molecular flexibility index (Phi) is 2.32. The lowest BCUT2D eigenvalue weighted by Crippen LogP contribution is -2.05. The maximum Gasteiger partial charge on any atom is 0.296 e. The molecule has 0 radical (unpaired) electrons. The van der Waals surface area contributed by atoms with Crippen molar-refractivity contribution in [1.82, 2.24) is 0 Å². The second-order valence-corrected chi connectivity index (χ2v) is 3.89. The van der Waals surface area contributed by atoms with E-state index < -0.39 is 14.3 Å². The highest BCUT2D eigenvalue weighted by molar-refractivity contribution is 7.89. The molecule has 0 spiro atoms. The predicted molar refractivity (Wildman–Crippen MR) is 27.0 cm³/mol. The van der Waals surface area contributed by atoms with Crippen LogP contribution in [0.5, 0.6) is 0 Å². The van der Waals surface area contributed by atoms with Crippen molar-refractivity contribution in [2.24, 2.45) is 0 Å². The number of alkyl halides is 2. The molecule has 0 aliphatic heterocycles. The summed E-state index contributed by atoms with van der Waals surface area (Å²) in [5.74, 6) is 0. The molecule has 0 bridgehead atoms. The van der Waals surface area contributed by atoms with Crippen LogP contribution in [-0.4, -0.2) is 17.1 Å². The van der Waals surface area contributed by atoms with Crippen molar-refractivity contribution in [2.45, 2.75) is 4.17 Å². The number of hydrogen-bond acceptors (Lipinski definition) is 2. The molecule has 0 saturated carbocycles. The summed E-state index contributed by atoms with van der Waals surface area (Å²) in [4.78, 5) is 0. The summed E-state index contributed by atoms with van der Waals surface area (Å²) in [6.45, 7) is 0. The van der Waals surface area contributed by atoms with Crippen molar-refractivity contribution in [2.75, 3.05) is 0 Å². The van der Waals surface area contributed by atoms with Gasteiger partial charge in [0.05, 0.1) is 0 Å². The average Bonchev–Trinajstić information content (AvgIpc) is 1.31. The number of rotatable bonds is 1. The van der Waals surface area contributed by atoms with Gasteiger partial charge in [0.2, 0.25) is 4.17 Å². The summed E-state index contributed by atoms with van der Waals surface area (Å²) >= 11 is 9.36. The molecule has 0 saturated heterocycles. The fraction of sp³-hybridized carbons (Fsp3) is 1.00. The fourth-order valence-electron chi connectivity index (χ4n) is 0. The Bertz CT molecular complexity index is 135. The van der Waals surface area contributed by atoms with Gasteiger partial charge in [0, 0.05) is 0 Å². The quantitative estimate of drug-likeness (QED) is 0.458. The van der Waals surface area contributed by atoms with Gasteiger partial charge in [0.25, 0.3) is 10.1 Å². The van der Waals surface area contributed by atoms with Crippen molar-refractivity contribution in [3.8, 4) is 0 Å². The summed E-state index contributed by atoms with van der Waals surface area (Å²) < 4.78 is 25.3. The number of halogens is 2. The molecule has 0 fully saturated rings. The van der Waals surface area contributed by atoms with Crippen LogP contribution in [0.3, 0.4) is 0 Å². The van der Waals surface area contributed by atoms with Crippen LogP contribution in [-0.2, 0) is 10.1 Å². The minimum atomic E-state index is -4.21. The summed E-state index contributed by atoms with van der Waals surface area (Å²) in [6, 6.07) is 0. The highest BCUT2D eigenvalue weighted by Crippen LogP contribution is 2.07. The van der Waals surface area contributed by atoms with Crippen LogP contribution in [0.25, 0.3) is 0 Å². The largest absolute Gasteiger partial charge is 0.296 e. The topological polar surface area (TPSA) is 54.4 Å². The summed E-state index contributed by atoms with van der Waals surface area (Å²) in [5.41, 5.74) is 0. The van der Waals surface area contributed by atoms with Gasteiger partial charge in [-0.2, -0.15) is 8.42 Å². The van der Waals surface area contributed by atoms with E-state index in [9.17, 15) is 8.42 Å². The van der Waals surface area contributed by atoms with Crippen molar-refractivity contribution in [3.05, 3.63) is 0 Å². The first kappa shape index (κ1) is 7.49. The zero-order valence-electron chi connectivity index (χ0n) is 3.01. The van der Waals surface area contributed by atoms with E-state index in [1.54, 1.807) is 0 Å². The van der Waals surface area contributed by atoms with Crippen LogP contribution in [0.2, 0.25) is 0 Å². The van der Waals surface area contributed by atoms with Gasteiger partial charge < -0.3 is 0 Å². The zero-order valence-corrected chi connectivity index (χ0v) is 5.33. The second kappa shape index (κ2) is 2.17. The van der Waals surface area contributed by atoms with Crippen LogP contribution in [0.1, 0.15) is 0 Å². The molecule has 3 nitrogen and oxygen atoms in total. The van der Waals surface area contributed by atoms with Crippen LogP contribution < -0.4 is 0 Å². The van der Waals surface area contributed by atoms with E-state index in [4.69, 9.17) is 4.55 Å². The molecule has 0 aromatic carbocycles. The van der Waals surface area contributed by atoms with Gasteiger partial charge in [-0.1, -0.05) is 23.2 Å². The molecule has 0 atom stereocenters. The first-order valence-corrected chi connectivity index (χ1v) is 3.56. The van der Waals surface area contributed by atoms with Gasteiger partial charge in [0.15, 0.2) is 0 Å². The molecule has 0 amide bonds. The maximum absolute atomic E-state index is 9.62. The summed E-state index contributed by atoms with van der Waals surface area (Å²) in [6.07, 6.45) is 0. The third-order valence-electron chi connectivity index (χ3n) is 0.225. The van der Waals surface area contributed by atoms with E-state index in [-0.39, 0.29) is 0 Å². The lowest BCUT2D eigenvalue weighted by molar-refractivity contribution is 0.486. The SMILES string of the molecule is O=S(=O)(O)C(Cl)Cl. The van der Waals surface area contributed by atoms with Gasteiger partial charge in [-0.05, 0) is 0 Å². The molecule has 0 aromatic heterocycles. The van der Waals surface area contributed by atoms with E-state index in [2.05, 4.69) is 23.2 Å². The Balaban J connectivity index is 4.10. The van der Waals surface area contributed by atoms with E-state index >= 15 is 0 Å². The molecule has 0 aliphatic rings. The van der Waals surface area contributed by atoms with Crippen LogP contribution in [0.4, 0.5) is 0 Å². The molecule has 0 aromatic rings. The van der Waals surface area contributed by atoms with Gasteiger partial charge in [-0.25, -0.2) is 0 Å². The highest BCUT2D eigenvalue weighted by Gasteiger charge is 2.14. The van der Waals surface area contributed by atoms with E-state index in [0.717, 1.165) is 0 Å². The third kappa shape index (κ3) is 3.11. The molecule has 1 N–H and O–H groups in total. The smallest absolute Gasteiger partial charge is 0.283 e. The molecule has 6 heteroatoms. The monoisotopic (exact) mass is 164 g/mol. The van der Waals surface area contributed by atoms with Crippen molar-refractivity contribution < 1.29 is 13.0 Å². The Morgan fingerprint density at radius 1 is 1.43 bits per heavy atom. The van der Waals surface area contributed by atoms with Gasteiger partial charge in [0.1, 0.15) is 0 Å². The van der Waals surface area contributed by atoms with E-state index in [0.29, 0.717) is 0 Å². The van der Waals surface area contributed by atoms with E-state index in [1.165, 1.54) is 0 Å². The number of hydrogen-bond donors (Lipinski definition) is 1. The third-order valence-corrected chi connectivity index (χ3v) is 2.03. The Morgan fingerprint density at radius 3 is 1.57 bits per heavy atom. The standard InChI is InChI=1S/CH2Cl2O3S/c2-1(3)7(4,5)6/h1H,(H,4,5,6). The van der Waals surface area contributed by atoms with Gasteiger partial charge in [-0.3, -0.25) is 4.55 Å². The first-order chi connectivity index (χ1) is 2.94. The minimum absolute atomic E-state index is 1.73. The highest BCUT2D eigenvalue weighted by atomic mass is 35.5. The minimum Gasteiger partial charge on any atom is -0.283 e. The second-order valence-electron chi connectivity index (χ2n) is 0.776. The van der Waals surface area contributed by atoms with E-state index in [1.807, 2.05) is 0 Å². The first-order valence-electron chi connectivity index (χ1n) is 1.19. The van der Waals surface area contributed by atoms with Crippen LogP contribution >= 0.6 is 23.2 Å². The molecule has 0 rings (SSSR count). The lowest BCUT2D eigenvalue weighted by atomic mass is 11.9. The van der Waals surface area contributed by atoms with Crippen LogP contribution in [0, 0.1) is 0 Å². The van der Waals surface area contributed by atoms with Crippen LogP contribution in [0.15, 0.2) is 0 Å². The Labute approximate surface area is 51.0 Å². The van der Waals surface area contributed by atoms with Gasteiger partial charge >= 0.3 is 0 Å². The molecular weight excluding hydrogens is 163 g/mol. The summed E-state index contributed by atoms with van der Waals surface area (Å²) in [5, 5.41) is 0. The van der Waals surface area contributed by atoms with Crippen molar-refractivity contribution in [3.63, 3.8) is 0 Å².